The van der Waals surface area contributed by atoms with Crippen molar-refractivity contribution < 1.29 is 4.79 Å². The third-order valence-corrected chi connectivity index (χ3v) is 4.58. The molecule has 1 aromatic heterocycles. The molecule has 0 radical (unpaired) electrons. The number of carbonyl (C=O) groups is 1. The van der Waals surface area contributed by atoms with Crippen LogP contribution in [0.1, 0.15) is 30.7 Å². The Balaban J connectivity index is 1.84. The van der Waals surface area contributed by atoms with Crippen molar-refractivity contribution in [2.24, 2.45) is 5.92 Å². The van der Waals surface area contributed by atoms with Crippen molar-refractivity contribution in [1.29, 1.82) is 0 Å². The van der Waals surface area contributed by atoms with Crippen molar-refractivity contribution in [3.05, 3.63) is 34.7 Å². The Labute approximate surface area is 123 Å². The number of hydrogen-bond donors (Lipinski definition) is 1. The zero-order valence-electron chi connectivity index (χ0n) is 11.6. The van der Waals surface area contributed by atoms with Crippen molar-refractivity contribution in [3.63, 3.8) is 0 Å². The van der Waals surface area contributed by atoms with Crippen LogP contribution in [0.3, 0.4) is 0 Å². The summed E-state index contributed by atoms with van der Waals surface area (Å²) in [7, 11) is 0. The summed E-state index contributed by atoms with van der Waals surface area (Å²) in [6, 6.07) is 7.90. The minimum atomic E-state index is 0.155. The van der Waals surface area contributed by atoms with Gasteiger partial charge in [0.25, 0.3) is 0 Å². The van der Waals surface area contributed by atoms with Crippen LogP contribution in [0.4, 0.5) is 5.69 Å². The number of nitrogens with one attached hydrogen (secondary N) is 1. The first kappa shape index (κ1) is 13.3. The van der Waals surface area contributed by atoms with E-state index in [0.29, 0.717) is 0 Å². The molecule has 3 rings (SSSR count). The Morgan fingerprint density at radius 1 is 1.30 bits per heavy atom. The van der Waals surface area contributed by atoms with Crippen LogP contribution >= 0.6 is 11.3 Å². The third kappa shape index (κ3) is 2.75. The van der Waals surface area contributed by atoms with Crippen LogP contribution in [0, 0.1) is 12.8 Å². The van der Waals surface area contributed by atoms with Gasteiger partial charge in [-0.3, -0.25) is 4.79 Å². The molecule has 1 heterocycles. The summed E-state index contributed by atoms with van der Waals surface area (Å²) in [4.78, 5) is 16.8. The topological polar surface area (TPSA) is 42.0 Å². The van der Waals surface area contributed by atoms with E-state index >= 15 is 0 Å². The summed E-state index contributed by atoms with van der Waals surface area (Å²) in [5.41, 5.74) is 2.81. The molecule has 104 valence electrons. The smallest absolute Gasteiger partial charge is 0.227 e. The summed E-state index contributed by atoms with van der Waals surface area (Å²) >= 11 is 1.63. The highest BCUT2D eigenvalue weighted by Crippen LogP contribution is 2.31. The molecule has 1 aliphatic rings. The fourth-order valence-corrected chi connectivity index (χ4v) is 3.34. The molecular formula is C16H18N2OS. The molecule has 1 aromatic carbocycles. The van der Waals surface area contributed by atoms with E-state index in [2.05, 4.69) is 10.3 Å². The first-order valence-corrected chi connectivity index (χ1v) is 7.94. The fourth-order valence-electron chi connectivity index (χ4n) is 2.73. The second-order valence-corrected chi connectivity index (χ2v) is 6.33. The van der Waals surface area contributed by atoms with Gasteiger partial charge in [0.15, 0.2) is 0 Å². The third-order valence-electron chi connectivity index (χ3n) is 3.81. The van der Waals surface area contributed by atoms with Crippen molar-refractivity contribution in [3.8, 4) is 11.3 Å². The Morgan fingerprint density at radius 3 is 2.75 bits per heavy atom. The molecule has 0 spiro atoms. The number of para-hydroxylation sites is 1. The summed E-state index contributed by atoms with van der Waals surface area (Å²) in [5.74, 6) is 0.335. The lowest BCUT2D eigenvalue weighted by atomic mass is 10.1. The predicted octanol–water partition coefficient (Wildman–Crippen LogP) is 4.25. The predicted molar refractivity (Wildman–Crippen MR) is 82.9 cm³/mol. The van der Waals surface area contributed by atoms with Crippen LogP contribution in [-0.2, 0) is 4.79 Å². The summed E-state index contributed by atoms with van der Waals surface area (Å²) in [6.45, 7) is 1.99. The van der Waals surface area contributed by atoms with Gasteiger partial charge in [-0.1, -0.05) is 31.0 Å². The second kappa shape index (κ2) is 5.75. The standard InChI is InChI=1S/C16H18N2OS/c1-11-17-15(10-20-11)13-8-4-5-9-14(13)18-16(19)12-6-2-3-7-12/h4-5,8-10,12H,2-3,6-7H2,1H3,(H,18,19). The van der Waals surface area contributed by atoms with Crippen LogP contribution in [0.25, 0.3) is 11.3 Å². The molecule has 3 nitrogen and oxygen atoms in total. The number of rotatable bonds is 3. The second-order valence-electron chi connectivity index (χ2n) is 5.27. The molecule has 1 saturated carbocycles. The number of anilines is 1. The summed E-state index contributed by atoms with van der Waals surface area (Å²) < 4.78 is 0. The molecule has 0 aliphatic heterocycles. The first-order valence-electron chi connectivity index (χ1n) is 7.06. The lowest BCUT2D eigenvalue weighted by Crippen LogP contribution is -2.20. The van der Waals surface area contributed by atoms with Gasteiger partial charge in [-0.15, -0.1) is 11.3 Å². The average Bonchev–Trinajstić information content (AvgIpc) is 3.10. The largest absolute Gasteiger partial charge is 0.325 e. The van der Waals surface area contributed by atoms with Gasteiger partial charge in [-0.05, 0) is 25.8 Å². The molecule has 0 atom stereocenters. The zero-order valence-corrected chi connectivity index (χ0v) is 12.4. The molecule has 2 aromatic rings. The Hall–Kier alpha value is -1.68. The van der Waals surface area contributed by atoms with E-state index < -0.39 is 0 Å². The van der Waals surface area contributed by atoms with Crippen molar-refractivity contribution >= 4 is 22.9 Å². The number of carbonyl (C=O) groups excluding carboxylic acids is 1. The summed E-state index contributed by atoms with van der Waals surface area (Å²) in [6.07, 6.45) is 4.38. The Kier molecular flexibility index (Phi) is 3.83. The maximum Gasteiger partial charge on any atom is 0.227 e. The fraction of sp³-hybridized carbons (Fsp3) is 0.375. The number of aryl methyl sites for hydroxylation is 1. The van der Waals surface area contributed by atoms with E-state index in [9.17, 15) is 4.79 Å². The Bertz CT molecular complexity index is 614. The molecule has 1 fully saturated rings. The van der Waals surface area contributed by atoms with Crippen LogP contribution in [0.2, 0.25) is 0 Å². The van der Waals surface area contributed by atoms with E-state index in [1.807, 2.05) is 36.6 Å². The maximum atomic E-state index is 12.3. The Morgan fingerprint density at radius 2 is 2.05 bits per heavy atom. The van der Waals surface area contributed by atoms with Crippen LogP contribution in [0.15, 0.2) is 29.6 Å². The molecule has 1 N–H and O–H groups in total. The number of thiazole rings is 1. The number of hydrogen-bond acceptors (Lipinski definition) is 3. The molecular weight excluding hydrogens is 268 g/mol. The summed E-state index contributed by atoms with van der Waals surface area (Å²) in [5, 5.41) is 6.16. The lowest BCUT2D eigenvalue weighted by Gasteiger charge is -2.13. The van der Waals surface area contributed by atoms with Crippen LogP contribution in [-0.4, -0.2) is 10.9 Å². The van der Waals surface area contributed by atoms with Gasteiger partial charge >= 0.3 is 0 Å². The van der Waals surface area contributed by atoms with Gasteiger partial charge in [0, 0.05) is 16.9 Å². The van der Waals surface area contributed by atoms with Gasteiger partial charge in [0.05, 0.1) is 16.4 Å². The van der Waals surface area contributed by atoms with Gasteiger partial charge in [-0.25, -0.2) is 4.98 Å². The molecule has 20 heavy (non-hydrogen) atoms. The van der Waals surface area contributed by atoms with Crippen molar-refractivity contribution in [2.45, 2.75) is 32.6 Å². The number of nitrogens with zero attached hydrogens (tertiary/aromatic N) is 1. The normalized spacial score (nSPS) is 15.4. The molecule has 0 unspecified atom stereocenters. The number of benzene rings is 1. The highest BCUT2D eigenvalue weighted by atomic mass is 32.1. The number of amides is 1. The van der Waals surface area contributed by atoms with Crippen LogP contribution in [0.5, 0.6) is 0 Å². The van der Waals surface area contributed by atoms with Gasteiger partial charge in [0.2, 0.25) is 5.91 Å². The highest BCUT2D eigenvalue weighted by molar-refractivity contribution is 7.09. The lowest BCUT2D eigenvalue weighted by molar-refractivity contribution is -0.119. The van der Waals surface area contributed by atoms with Crippen LogP contribution < -0.4 is 5.32 Å². The highest BCUT2D eigenvalue weighted by Gasteiger charge is 2.23. The van der Waals surface area contributed by atoms with E-state index in [4.69, 9.17) is 0 Å². The van der Waals surface area contributed by atoms with E-state index in [1.165, 1.54) is 12.8 Å². The van der Waals surface area contributed by atoms with E-state index in [-0.39, 0.29) is 11.8 Å². The minimum Gasteiger partial charge on any atom is -0.325 e. The van der Waals surface area contributed by atoms with Gasteiger partial charge in [-0.2, -0.15) is 0 Å². The minimum absolute atomic E-state index is 0.155. The van der Waals surface area contributed by atoms with E-state index in [1.54, 1.807) is 11.3 Å². The molecule has 4 heteroatoms. The molecule has 0 saturated heterocycles. The monoisotopic (exact) mass is 286 g/mol. The first-order chi connectivity index (χ1) is 9.74. The quantitative estimate of drug-likeness (QED) is 0.916. The number of aromatic nitrogens is 1. The molecule has 0 bridgehead atoms. The van der Waals surface area contributed by atoms with E-state index in [0.717, 1.165) is 34.8 Å². The zero-order chi connectivity index (χ0) is 13.9. The van der Waals surface area contributed by atoms with Crippen molar-refractivity contribution in [1.82, 2.24) is 4.98 Å². The van der Waals surface area contributed by atoms with Crippen molar-refractivity contribution in [2.75, 3.05) is 5.32 Å². The molecule has 1 amide bonds. The van der Waals surface area contributed by atoms with Gasteiger partial charge in [0.1, 0.15) is 0 Å². The average molecular weight is 286 g/mol. The van der Waals surface area contributed by atoms with Gasteiger partial charge < -0.3 is 5.32 Å². The maximum absolute atomic E-state index is 12.3. The molecule has 1 aliphatic carbocycles. The SMILES string of the molecule is Cc1nc(-c2ccccc2NC(=O)C2CCCC2)cs1.